The molecular formula is C15H11ClN2O3. The van der Waals surface area contributed by atoms with Crippen molar-refractivity contribution in [2.24, 2.45) is 0 Å². The van der Waals surface area contributed by atoms with Crippen LogP contribution in [0.15, 0.2) is 41.2 Å². The van der Waals surface area contributed by atoms with Gasteiger partial charge in [0.05, 0.1) is 23.7 Å². The van der Waals surface area contributed by atoms with Crippen LogP contribution in [0.1, 0.15) is 10.4 Å². The maximum absolute atomic E-state index is 11.9. The van der Waals surface area contributed by atoms with Crippen molar-refractivity contribution < 1.29 is 9.53 Å². The fourth-order valence-corrected chi connectivity index (χ4v) is 2.57. The SMILES string of the molecule is COC(=O)c1cccc(Cl)c1-c1ccc2[nH]c(=O)[nH]c2c1. The number of H-pyrrole nitrogens is 2. The summed E-state index contributed by atoms with van der Waals surface area (Å²) in [6.07, 6.45) is 0. The molecule has 0 spiro atoms. The number of ether oxygens (including phenoxy) is 1. The lowest BCUT2D eigenvalue weighted by Crippen LogP contribution is -2.03. The number of benzene rings is 2. The topological polar surface area (TPSA) is 75.0 Å². The third kappa shape index (κ3) is 2.32. The van der Waals surface area contributed by atoms with Gasteiger partial charge < -0.3 is 14.7 Å². The number of carbonyl (C=O) groups is 1. The summed E-state index contributed by atoms with van der Waals surface area (Å²) in [5.41, 5.74) is 2.74. The maximum atomic E-state index is 11.9. The molecule has 2 aromatic carbocycles. The fraction of sp³-hybridized carbons (Fsp3) is 0.0667. The predicted octanol–water partition coefficient (Wildman–Crippen LogP) is 2.96. The highest BCUT2D eigenvalue weighted by molar-refractivity contribution is 6.34. The van der Waals surface area contributed by atoms with Crippen molar-refractivity contribution in [2.45, 2.75) is 0 Å². The van der Waals surface area contributed by atoms with Crippen LogP contribution in [0.3, 0.4) is 0 Å². The molecule has 1 heterocycles. The number of methoxy groups -OCH3 is 1. The number of esters is 1. The van der Waals surface area contributed by atoms with E-state index >= 15 is 0 Å². The number of nitrogens with one attached hydrogen (secondary N) is 2. The first kappa shape index (κ1) is 13.5. The summed E-state index contributed by atoms with van der Waals surface area (Å²) in [6, 6.07) is 10.4. The van der Waals surface area contributed by atoms with Gasteiger partial charge >= 0.3 is 11.7 Å². The van der Waals surface area contributed by atoms with Gasteiger partial charge in [0.1, 0.15) is 0 Å². The lowest BCUT2D eigenvalue weighted by atomic mass is 9.99. The van der Waals surface area contributed by atoms with Crippen LogP contribution < -0.4 is 5.69 Å². The summed E-state index contributed by atoms with van der Waals surface area (Å²) in [6.45, 7) is 0. The molecule has 0 saturated heterocycles. The van der Waals surface area contributed by atoms with E-state index in [0.29, 0.717) is 27.2 Å². The molecule has 2 N–H and O–H groups in total. The van der Waals surface area contributed by atoms with Gasteiger partial charge in [-0.15, -0.1) is 0 Å². The summed E-state index contributed by atoms with van der Waals surface area (Å²) in [4.78, 5) is 28.5. The van der Waals surface area contributed by atoms with E-state index in [1.165, 1.54) is 7.11 Å². The molecule has 0 radical (unpaired) electrons. The number of imidazole rings is 1. The highest BCUT2D eigenvalue weighted by atomic mass is 35.5. The number of hydrogen-bond donors (Lipinski definition) is 2. The lowest BCUT2D eigenvalue weighted by molar-refractivity contribution is 0.0601. The molecule has 0 atom stereocenters. The number of fused-ring (bicyclic) bond motifs is 1. The quantitative estimate of drug-likeness (QED) is 0.715. The van der Waals surface area contributed by atoms with Crippen LogP contribution in [0.25, 0.3) is 22.2 Å². The average molecular weight is 303 g/mol. The molecule has 1 aromatic heterocycles. The van der Waals surface area contributed by atoms with Gasteiger partial charge in [-0.2, -0.15) is 0 Å². The zero-order valence-electron chi connectivity index (χ0n) is 11.1. The Kier molecular flexibility index (Phi) is 3.27. The summed E-state index contributed by atoms with van der Waals surface area (Å²) in [5.74, 6) is -0.463. The number of hydrogen-bond acceptors (Lipinski definition) is 3. The Labute approximate surface area is 124 Å². The number of halogens is 1. The first-order chi connectivity index (χ1) is 10.1. The van der Waals surface area contributed by atoms with Gasteiger partial charge in [0, 0.05) is 10.6 Å². The number of aromatic nitrogens is 2. The second kappa shape index (κ2) is 5.10. The van der Waals surface area contributed by atoms with E-state index < -0.39 is 5.97 Å². The van der Waals surface area contributed by atoms with Crippen LogP contribution in [0.2, 0.25) is 5.02 Å². The Hall–Kier alpha value is -2.53. The van der Waals surface area contributed by atoms with E-state index in [1.807, 2.05) is 0 Å². The molecule has 106 valence electrons. The molecule has 3 rings (SSSR count). The monoisotopic (exact) mass is 302 g/mol. The van der Waals surface area contributed by atoms with E-state index in [0.717, 1.165) is 5.56 Å². The molecule has 0 aliphatic carbocycles. The van der Waals surface area contributed by atoms with E-state index in [2.05, 4.69) is 9.97 Å². The van der Waals surface area contributed by atoms with Crippen LogP contribution in [0.5, 0.6) is 0 Å². The van der Waals surface area contributed by atoms with Gasteiger partial charge in [-0.05, 0) is 29.8 Å². The summed E-state index contributed by atoms with van der Waals surface area (Å²) >= 11 is 6.23. The van der Waals surface area contributed by atoms with E-state index in [-0.39, 0.29) is 5.69 Å². The lowest BCUT2D eigenvalue weighted by Gasteiger charge is -2.10. The molecule has 21 heavy (non-hydrogen) atoms. The van der Waals surface area contributed by atoms with Crippen molar-refractivity contribution in [1.82, 2.24) is 9.97 Å². The van der Waals surface area contributed by atoms with Gasteiger partial charge in [-0.1, -0.05) is 23.7 Å². The fourth-order valence-electron chi connectivity index (χ4n) is 2.29. The van der Waals surface area contributed by atoms with E-state index in [4.69, 9.17) is 16.3 Å². The van der Waals surface area contributed by atoms with Crippen LogP contribution in [0.4, 0.5) is 0 Å². The zero-order valence-corrected chi connectivity index (χ0v) is 11.8. The summed E-state index contributed by atoms with van der Waals surface area (Å²) in [7, 11) is 1.32. The molecule has 0 aliphatic rings. The van der Waals surface area contributed by atoms with Gasteiger partial charge in [0.2, 0.25) is 0 Å². The molecule has 6 heteroatoms. The number of aromatic amines is 2. The third-order valence-corrected chi connectivity index (χ3v) is 3.54. The van der Waals surface area contributed by atoms with E-state index in [1.54, 1.807) is 36.4 Å². The van der Waals surface area contributed by atoms with Crippen molar-refractivity contribution in [2.75, 3.05) is 7.11 Å². The predicted molar refractivity (Wildman–Crippen MR) is 80.7 cm³/mol. The maximum Gasteiger partial charge on any atom is 0.338 e. The Morgan fingerprint density at radius 3 is 2.67 bits per heavy atom. The normalized spacial score (nSPS) is 10.8. The van der Waals surface area contributed by atoms with Crippen LogP contribution in [-0.4, -0.2) is 23.0 Å². The second-order valence-electron chi connectivity index (χ2n) is 4.49. The molecule has 5 nitrogen and oxygen atoms in total. The van der Waals surface area contributed by atoms with Crippen LogP contribution in [-0.2, 0) is 4.74 Å². The Morgan fingerprint density at radius 1 is 1.14 bits per heavy atom. The van der Waals surface area contributed by atoms with Gasteiger partial charge in [-0.25, -0.2) is 9.59 Å². The third-order valence-electron chi connectivity index (χ3n) is 3.22. The first-order valence-electron chi connectivity index (χ1n) is 6.19. The number of carbonyl (C=O) groups excluding carboxylic acids is 1. The molecule has 0 saturated carbocycles. The smallest absolute Gasteiger partial charge is 0.338 e. The Balaban J connectivity index is 2.26. The minimum absolute atomic E-state index is 0.283. The van der Waals surface area contributed by atoms with E-state index in [9.17, 15) is 9.59 Å². The molecule has 0 aliphatic heterocycles. The molecule has 0 amide bonds. The van der Waals surface area contributed by atoms with Crippen LogP contribution in [0, 0.1) is 0 Å². The van der Waals surface area contributed by atoms with Crippen molar-refractivity contribution in [3.63, 3.8) is 0 Å². The van der Waals surface area contributed by atoms with Crippen molar-refractivity contribution in [3.05, 3.63) is 57.5 Å². The standard InChI is InChI=1S/C15H11ClN2O3/c1-21-14(19)9-3-2-4-10(16)13(9)8-5-6-11-12(7-8)18-15(20)17-11/h2-7H,1H3,(H2,17,18,20). The molecule has 0 bridgehead atoms. The van der Waals surface area contributed by atoms with Gasteiger partial charge in [-0.3, -0.25) is 0 Å². The molecule has 3 aromatic rings. The second-order valence-corrected chi connectivity index (χ2v) is 4.90. The largest absolute Gasteiger partial charge is 0.465 e. The Morgan fingerprint density at radius 2 is 1.90 bits per heavy atom. The summed E-state index contributed by atoms with van der Waals surface area (Å²) < 4.78 is 4.78. The molecular weight excluding hydrogens is 292 g/mol. The van der Waals surface area contributed by atoms with Crippen molar-refractivity contribution in [3.8, 4) is 11.1 Å². The zero-order chi connectivity index (χ0) is 15.0. The average Bonchev–Trinajstić information content (AvgIpc) is 2.85. The number of rotatable bonds is 2. The minimum atomic E-state index is -0.463. The molecule has 0 fully saturated rings. The van der Waals surface area contributed by atoms with Crippen LogP contribution >= 0.6 is 11.6 Å². The summed E-state index contributed by atoms with van der Waals surface area (Å²) in [5, 5.41) is 0.440. The Bertz CT molecular complexity index is 895. The first-order valence-corrected chi connectivity index (χ1v) is 6.57. The highest BCUT2D eigenvalue weighted by Gasteiger charge is 2.16. The highest BCUT2D eigenvalue weighted by Crippen LogP contribution is 2.33. The van der Waals surface area contributed by atoms with Gasteiger partial charge in [0.25, 0.3) is 0 Å². The van der Waals surface area contributed by atoms with Gasteiger partial charge in [0.15, 0.2) is 0 Å². The van der Waals surface area contributed by atoms with Crippen molar-refractivity contribution >= 4 is 28.6 Å². The molecule has 0 unspecified atom stereocenters. The minimum Gasteiger partial charge on any atom is -0.465 e. The van der Waals surface area contributed by atoms with Crippen molar-refractivity contribution in [1.29, 1.82) is 0 Å².